The summed E-state index contributed by atoms with van der Waals surface area (Å²) in [4.78, 5) is 17.0. The van der Waals surface area contributed by atoms with Gasteiger partial charge in [-0.15, -0.1) is 0 Å². The van der Waals surface area contributed by atoms with Gasteiger partial charge < -0.3 is 19.6 Å². The Morgan fingerprint density at radius 1 is 1.21 bits per heavy atom. The van der Waals surface area contributed by atoms with Crippen molar-refractivity contribution in [2.75, 3.05) is 26.1 Å². The average Bonchev–Trinajstić information content (AvgIpc) is 2.70. The van der Waals surface area contributed by atoms with Gasteiger partial charge in [0.15, 0.2) is 18.1 Å². The van der Waals surface area contributed by atoms with Crippen LogP contribution in [-0.4, -0.2) is 32.9 Å². The van der Waals surface area contributed by atoms with Gasteiger partial charge in [0.2, 0.25) is 0 Å². The highest BCUT2D eigenvalue weighted by atomic mass is 35.5. The fraction of sp³-hybridized carbons (Fsp3) is 0.333. The summed E-state index contributed by atoms with van der Waals surface area (Å²) < 4.78 is 10.4. The zero-order valence-corrected chi connectivity index (χ0v) is 17.2. The van der Waals surface area contributed by atoms with Crippen molar-refractivity contribution in [2.24, 2.45) is 5.16 Å². The lowest BCUT2D eigenvalue weighted by molar-refractivity contribution is -0.120. The van der Waals surface area contributed by atoms with E-state index in [2.05, 4.69) is 24.3 Å². The molecule has 0 heterocycles. The molecular formula is C21H25ClN2O4. The third-order valence-corrected chi connectivity index (χ3v) is 4.58. The van der Waals surface area contributed by atoms with Crippen LogP contribution >= 0.6 is 11.6 Å². The second-order valence-electron chi connectivity index (χ2n) is 6.23. The van der Waals surface area contributed by atoms with Gasteiger partial charge in [-0.25, -0.2) is 0 Å². The smallest absolute Gasteiger partial charge is 0.265 e. The van der Waals surface area contributed by atoms with E-state index in [1.54, 1.807) is 12.1 Å². The summed E-state index contributed by atoms with van der Waals surface area (Å²) in [6.07, 6.45) is 2.52. The zero-order chi connectivity index (χ0) is 20.5. The number of benzene rings is 2. The lowest BCUT2D eigenvalue weighted by Crippen LogP contribution is -2.17. The summed E-state index contributed by atoms with van der Waals surface area (Å²) in [7, 11) is 3.03. The van der Waals surface area contributed by atoms with Crippen LogP contribution in [0.25, 0.3) is 0 Å². The summed E-state index contributed by atoms with van der Waals surface area (Å²) in [6, 6.07) is 11.2. The summed E-state index contributed by atoms with van der Waals surface area (Å²) in [6.45, 7) is 4.11. The standard InChI is InChI=1S/C21H25ClN2O4/c1-5-14(2)16-6-8-17(9-7-16)24-20(25)13-28-23-12-15-10-18(22)21(27-4)19(11-15)26-3/h6-12,14H,5,13H2,1-4H3,(H,24,25)/b23-12-/t14-/m0/s1. The Balaban J connectivity index is 1.87. The van der Waals surface area contributed by atoms with Crippen molar-refractivity contribution in [3.8, 4) is 11.5 Å². The monoisotopic (exact) mass is 404 g/mol. The van der Waals surface area contributed by atoms with Gasteiger partial charge in [-0.2, -0.15) is 0 Å². The van der Waals surface area contributed by atoms with Gasteiger partial charge in [-0.1, -0.05) is 42.7 Å². The number of carbonyl (C=O) groups is 1. The largest absolute Gasteiger partial charge is 0.493 e. The molecule has 0 fully saturated rings. The fourth-order valence-electron chi connectivity index (χ4n) is 2.53. The van der Waals surface area contributed by atoms with Crippen molar-refractivity contribution in [2.45, 2.75) is 26.2 Å². The van der Waals surface area contributed by atoms with E-state index in [9.17, 15) is 4.79 Å². The normalized spacial score (nSPS) is 11.9. The molecular weight excluding hydrogens is 380 g/mol. The molecule has 0 aromatic heterocycles. The van der Waals surface area contributed by atoms with Crippen molar-refractivity contribution in [3.05, 3.63) is 52.5 Å². The van der Waals surface area contributed by atoms with Gasteiger partial charge in [-0.3, -0.25) is 4.79 Å². The van der Waals surface area contributed by atoms with Crippen molar-refractivity contribution in [3.63, 3.8) is 0 Å². The summed E-state index contributed by atoms with van der Waals surface area (Å²) in [5.41, 5.74) is 2.62. The SMILES string of the molecule is CC[C@H](C)c1ccc(NC(=O)CO/N=C\c2cc(Cl)c(OC)c(OC)c2)cc1. The lowest BCUT2D eigenvalue weighted by Gasteiger charge is -2.10. The fourth-order valence-corrected chi connectivity index (χ4v) is 2.83. The first-order chi connectivity index (χ1) is 13.5. The van der Waals surface area contributed by atoms with Crippen LogP contribution < -0.4 is 14.8 Å². The Bertz CT molecular complexity index is 822. The Hall–Kier alpha value is -2.73. The molecule has 0 aliphatic carbocycles. The highest BCUT2D eigenvalue weighted by Gasteiger charge is 2.10. The molecule has 0 aliphatic heterocycles. The van der Waals surface area contributed by atoms with Crippen LogP contribution in [0.1, 0.15) is 37.3 Å². The molecule has 1 amide bonds. The topological polar surface area (TPSA) is 69.2 Å². The Kier molecular flexibility index (Phi) is 8.14. The van der Waals surface area contributed by atoms with Gasteiger partial charge >= 0.3 is 0 Å². The molecule has 1 atom stereocenters. The molecule has 0 radical (unpaired) electrons. The molecule has 0 saturated carbocycles. The second-order valence-corrected chi connectivity index (χ2v) is 6.63. The third-order valence-electron chi connectivity index (χ3n) is 4.30. The molecule has 1 N–H and O–H groups in total. The Labute approximate surface area is 170 Å². The minimum absolute atomic E-state index is 0.204. The van der Waals surface area contributed by atoms with Crippen LogP contribution in [0.2, 0.25) is 5.02 Å². The van der Waals surface area contributed by atoms with Crippen LogP contribution in [-0.2, 0) is 9.63 Å². The van der Waals surface area contributed by atoms with Crippen molar-refractivity contribution >= 4 is 29.4 Å². The van der Waals surface area contributed by atoms with Gasteiger partial charge in [0, 0.05) is 11.3 Å². The highest BCUT2D eigenvalue weighted by molar-refractivity contribution is 6.32. The summed E-state index contributed by atoms with van der Waals surface area (Å²) in [5.74, 6) is 1.13. The second kappa shape index (κ2) is 10.6. The number of ether oxygens (including phenoxy) is 2. The molecule has 0 saturated heterocycles. The zero-order valence-electron chi connectivity index (χ0n) is 16.5. The molecule has 0 bridgehead atoms. The van der Waals surface area contributed by atoms with Crippen LogP contribution in [0.15, 0.2) is 41.6 Å². The van der Waals surface area contributed by atoms with Crippen LogP contribution in [0.3, 0.4) is 0 Å². The summed E-state index contributed by atoms with van der Waals surface area (Å²) >= 11 is 6.14. The molecule has 28 heavy (non-hydrogen) atoms. The van der Waals surface area contributed by atoms with E-state index in [-0.39, 0.29) is 12.5 Å². The molecule has 0 unspecified atom stereocenters. The summed E-state index contributed by atoms with van der Waals surface area (Å²) in [5, 5.41) is 6.97. The van der Waals surface area contributed by atoms with E-state index in [4.69, 9.17) is 25.9 Å². The number of rotatable bonds is 9. The molecule has 6 nitrogen and oxygen atoms in total. The number of oxime groups is 1. The number of nitrogens with zero attached hydrogens (tertiary/aromatic N) is 1. The Morgan fingerprint density at radius 2 is 1.93 bits per heavy atom. The maximum atomic E-state index is 12.0. The molecule has 0 aliphatic rings. The highest BCUT2D eigenvalue weighted by Crippen LogP contribution is 2.35. The average molecular weight is 405 g/mol. The van der Waals surface area contributed by atoms with Crippen molar-refractivity contribution in [1.82, 2.24) is 0 Å². The third kappa shape index (κ3) is 5.89. The van der Waals surface area contributed by atoms with Crippen LogP contribution in [0.5, 0.6) is 11.5 Å². The van der Waals surface area contributed by atoms with E-state index in [0.717, 1.165) is 12.1 Å². The number of halogens is 1. The maximum Gasteiger partial charge on any atom is 0.265 e. The minimum Gasteiger partial charge on any atom is -0.493 e. The van der Waals surface area contributed by atoms with Gasteiger partial charge in [0.25, 0.3) is 5.91 Å². The first kappa shape index (κ1) is 21.6. The predicted octanol–water partition coefficient (Wildman–Crippen LogP) is 4.86. The molecule has 2 aromatic rings. The maximum absolute atomic E-state index is 12.0. The minimum atomic E-state index is -0.293. The van der Waals surface area contributed by atoms with E-state index >= 15 is 0 Å². The van der Waals surface area contributed by atoms with Crippen LogP contribution in [0.4, 0.5) is 5.69 Å². The first-order valence-electron chi connectivity index (χ1n) is 8.95. The molecule has 7 heteroatoms. The quantitative estimate of drug-likeness (QED) is 0.478. The van der Waals surface area contributed by atoms with Gasteiger partial charge in [-0.05, 0) is 42.2 Å². The van der Waals surface area contributed by atoms with Gasteiger partial charge in [0.1, 0.15) is 0 Å². The predicted molar refractivity (Wildman–Crippen MR) is 112 cm³/mol. The van der Waals surface area contributed by atoms with E-state index in [1.165, 1.54) is 26.0 Å². The van der Waals surface area contributed by atoms with E-state index in [0.29, 0.717) is 28.0 Å². The van der Waals surface area contributed by atoms with Crippen molar-refractivity contribution < 1.29 is 19.1 Å². The van der Waals surface area contributed by atoms with E-state index < -0.39 is 0 Å². The number of carbonyl (C=O) groups excluding carboxylic acids is 1. The Morgan fingerprint density at radius 3 is 2.54 bits per heavy atom. The molecule has 0 spiro atoms. The number of anilines is 1. The molecule has 2 rings (SSSR count). The first-order valence-corrected chi connectivity index (χ1v) is 9.32. The van der Waals surface area contributed by atoms with E-state index in [1.807, 2.05) is 24.3 Å². The van der Waals surface area contributed by atoms with Crippen LogP contribution in [0, 0.1) is 0 Å². The number of hydrogen-bond donors (Lipinski definition) is 1. The lowest BCUT2D eigenvalue weighted by atomic mass is 9.99. The number of amides is 1. The number of nitrogens with one attached hydrogen (secondary N) is 1. The number of hydrogen-bond acceptors (Lipinski definition) is 5. The molecule has 150 valence electrons. The van der Waals surface area contributed by atoms with Gasteiger partial charge in [0.05, 0.1) is 25.5 Å². The van der Waals surface area contributed by atoms with Crippen molar-refractivity contribution in [1.29, 1.82) is 0 Å². The molecule has 2 aromatic carbocycles. The number of methoxy groups -OCH3 is 2.